The molecule has 1 aromatic rings. The Morgan fingerprint density at radius 1 is 1.54 bits per heavy atom. The van der Waals surface area contributed by atoms with Crippen LogP contribution in [0.5, 0.6) is 0 Å². The molecule has 70 valence electrons. The molecule has 0 aliphatic heterocycles. The van der Waals surface area contributed by atoms with Crippen molar-refractivity contribution < 1.29 is 0 Å². The predicted molar refractivity (Wildman–Crippen MR) is 65.4 cm³/mol. The van der Waals surface area contributed by atoms with Crippen molar-refractivity contribution in [3.05, 3.63) is 22.4 Å². The van der Waals surface area contributed by atoms with Crippen LogP contribution in [0.3, 0.4) is 0 Å². The van der Waals surface area contributed by atoms with E-state index in [0.717, 1.165) is 11.4 Å². The Kier molecular flexibility index (Phi) is 4.27. The number of nitrogens with one attached hydrogen (secondary N) is 2. The lowest BCUT2D eigenvalue weighted by Crippen LogP contribution is -2.38. The van der Waals surface area contributed by atoms with E-state index < -0.39 is 0 Å². The van der Waals surface area contributed by atoms with Crippen molar-refractivity contribution in [2.75, 3.05) is 6.54 Å². The summed E-state index contributed by atoms with van der Waals surface area (Å²) in [6, 6.07) is 3.93. The van der Waals surface area contributed by atoms with Gasteiger partial charge in [-0.25, -0.2) is 0 Å². The van der Waals surface area contributed by atoms with Gasteiger partial charge in [0.1, 0.15) is 4.99 Å². The van der Waals surface area contributed by atoms with E-state index in [4.69, 9.17) is 24.4 Å². The van der Waals surface area contributed by atoms with Crippen LogP contribution in [0.25, 0.3) is 0 Å². The second kappa shape index (κ2) is 5.26. The van der Waals surface area contributed by atoms with E-state index in [1.54, 1.807) is 11.3 Å². The second-order valence-corrected chi connectivity index (χ2v) is 4.06. The molecule has 0 atom stereocenters. The van der Waals surface area contributed by atoms with E-state index in [1.165, 1.54) is 0 Å². The fraction of sp³-hybridized carbons (Fsp3) is 0.250. The molecule has 13 heavy (non-hydrogen) atoms. The number of hydrogen-bond donors (Lipinski definition) is 2. The summed E-state index contributed by atoms with van der Waals surface area (Å²) in [5.41, 5.74) is 0. The van der Waals surface area contributed by atoms with E-state index in [9.17, 15) is 0 Å². The van der Waals surface area contributed by atoms with Crippen LogP contribution in [0.2, 0.25) is 0 Å². The Bertz CT molecular complexity index is 292. The van der Waals surface area contributed by atoms with Gasteiger partial charge in [-0.2, -0.15) is 0 Å². The molecule has 0 aromatic carbocycles. The molecule has 0 saturated heterocycles. The molecule has 1 aromatic heterocycles. The summed E-state index contributed by atoms with van der Waals surface area (Å²) >= 11 is 11.7. The third kappa shape index (κ3) is 3.38. The normalized spacial score (nSPS) is 9.31. The van der Waals surface area contributed by atoms with Gasteiger partial charge in [0.25, 0.3) is 0 Å². The first-order chi connectivity index (χ1) is 6.24. The molecule has 2 nitrogen and oxygen atoms in total. The van der Waals surface area contributed by atoms with Gasteiger partial charge in [-0.3, -0.25) is 0 Å². The van der Waals surface area contributed by atoms with Crippen molar-refractivity contribution >= 4 is 45.9 Å². The van der Waals surface area contributed by atoms with Crippen LogP contribution in [-0.2, 0) is 0 Å². The van der Waals surface area contributed by atoms with Crippen LogP contribution in [0.4, 0.5) is 0 Å². The number of thiocarbonyl (C=S) groups is 2. The molecule has 0 saturated carbocycles. The van der Waals surface area contributed by atoms with Crippen molar-refractivity contribution in [1.29, 1.82) is 0 Å². The van der Waals surface area contributed by atoms with Crippen LogP contribution >= 0.6 is 35.8 Å². The summed E-state index contributed by atoms with van der Waals surface area (Å²) in [7, 11) is 0. The molecule has 0 amide bonds. The van der Waals surface area contributed by atoms with Crippen molar-refractivity contribution in [1.82, 2.24) is 10.6 Å². The topological polar surface area (TPSA) is 24.1 Å². The van der Waals surface area contributed by atoms with Crippen molar-refractivity contribution in [3.8, 4) is 0 Å². The van der Waals surface area contributed by atoms with Gasteiger partial charge >= 0.3 is 0 Å². The molecular formula is C8H10N2S3. The Hall–Kier alpha value is -0.520. The highest BCUT2D eigenvalue weighted by Gasteiger charge is 2.02. The molecule has 0 fully saturated rings. The molecule has 0 aliphatic rings. The number of hydrogen-bond acceptors (Lipinski definition) is 3. The molecule has 2 N–H and O–H groups in total. The molecule has 5 heteroatoms. The molecule has 1 rings (SSSR count). The Labute approximate surface area is 92.3 Å². The highest BCUT2D eigenvalue weighted by molar-refractivity contribution is 7.82. The maximum Gasteiger partial charge on any atom is 0.171 e. The molecule has 0 spiro atoms. The minimum atomic E-state index is 0.584. The zero-order valence-electron chi connectivity index (χ0n) is 7.16. The summed E-state index contributed by atoms with van der Waals surface area (Å²) in [6.45, 7) is 2.79. The standard InChI is InChI=1S/C8H10N2S3/c1-2-9-8(12)10-7(11)6-4-3-5-13-6/h3-5H,2H2,1H3,(H2,9,10,11,12). The second-order valence-electron chi connectivity index (χ2n) is 2.29. The average molecular weight is 230 g/mol. The maximum atomic E-state index is 5.14. The minimum absolute atomic E-state index is 0.584. The molecule has 0 radical (unpaired) electrons. The van der Waals surface area contributed by atoms with Gasteiger partial charge in [0.15, 0.2) is 5.11 Å². The van der Waals surface area contributed by atoms with Crippen molar-refractivity contribution in [2.24, 2.45) is 0 Å². The lowest BCUT2D eigenvalue weighted by Gasteiger charge is -2.07. The Morgan fingerprint density at radius 2 is 2.31 bits per heavy atom. The first-order valence-electron chi connectivity index (χ1n) is 3.86. The summed E-state index contributed by atoms with van der Waals surface area (Å²) < 4.78 is 0. The van der Waals surface area contributed by atoms with Gasteiger partial charge in [-0.05, 0) is 30.6 Å². The quantitative estimate of drug-likeness (QED) is 0.758. The highest BCUT2D eigenvalue weighted by atomic mass is 32.1. The summed E-state index contributed by atoms with van der Waals surface area (Å²) in [5, 5.41) is 8.49. The predicted octanol–water partition coefficient (Wildman–Crippen LogP) is 1.91. The van der Waals surface area contributed by atoms with Crippen LogP contribution in [0.1, 0.15) is 11.8 Å². The molecule has 0 aliphatic carbocycles. The Balaban J connectivity index is 2.47. The van der Waals surface area contributed by atoms with Crippen LogP contribution < -0.4 is 10.6 Å². The first-order valence-corrected chi connectivity index (χ1v) is 5.56. The third-order valence-electron chi connectivity index (χ3n) is 1.31. The smallest absolute Gasteiger partial charge is 0.171 e. The molecule has 1 heterocycles. The van der Waals surface area contributed by atoms with E-state index in [0.29, 0.717) is 10.1 Å². The van der Waals surface area contributed by atoms with Gasteiger partial charge in [0, 0.05) is 6.54 Å². The van der Waals surface area contributed by atoms with Crippen LogP contribution in [-0.4, -0.2) is 16.6 Å². The van der Waals surface area contributed by atoms with Crippen molar-refractivity contribution in [3.63, 3.8) is 0 Å². The minimum Gasteiger partial charge on any atom is -0.363 e. The Morgan fingerprint density at radius 3 is 2.85 bits per heavy atom. The number of thiophene rings is 1. The summed E-state index contributed by atoms with van der Waals surface area (Å²) in [4.78, 5) is 1.72. The van der Waals surface area contributed by atoms with Gasteiger partial charge in [-0.15, -0.1) is 11.3 Å². The lowest BCUT2D eigenvalue weighted by atomic mass is 10.5. The van der Waals surface area contributed by atoms with E-state index in [2.05, 4.69) is 10.6 Å². The van der Waals surface area contributed by atoms with E-state index >= 15 is 0 Å². The fourth-order valence-electron chi connectivity index (χ4n) is 0.777. The van der Waals surface area contributed by atoms with Gasteiger partial charge in [0.05, 0.1) is 4.88 Å². The molecule has 0 bridgehead atoms. The SMILES string of the molecule is CCNC(=S)NC(=S)c1cccs1. The van der Waals surface area contributed by atoms with E-state index in [1.807, 2.05) is 24.4 Å². The average Bonchev–Trinajstić information content (AvgIpc) is 2.55. The molecule has 0 unspecified atom stereocenters. The first kappa shape index (κ1) is 10.6. The van der Waals surface area contributed by atoms with Gasteiger partial charge < -0.3 is 10.6 Å². The zero-order chi connectivity index (χ0) is 9.68. The monoisotopic (exact) mass is 230 g/mol. The lowest BCUT2D eigenvalue weighted by molar-refractivity contribution is 0.958. The maximum absolute atomic E-state index is 5.14. The van der Waals surface area contributed by atoms with Crippen molar-refractivity contribution in [2.45, 2.75) is 6.92 Å². The van der Waals surface area contributed by atoms with Crippen LogP contribution in [0, 0.1) is 0 Å². The largest absolute Gasteiger partial charge is 0.363 e. The van der Waals surface area contributed by atoms with Gasteiger partial charge in [0.2, 0.25) is 0 Å². The zero-order valence-corrected chi connectivity index (χ0v) is 9.61. The van der Waals surface area contributed by atoms with Crippen LogP contribution in [0.15, 0.2) is 17.5 Å². The molecular weight excluding hydrogens is 220 g/mol. The highest BCUT2D eigenvalue weighted by Crippen LogP contribution is 2.08. The number of rotatable bonds is 2. The summed E-state index contributed by atoms with van der Waals surface area (Å²) in [6.07, 6.45) is 0. The fourth-order valence-corrected chi connectivity index (χ4v) is 2.02. The van der Waals surface area contributed by atoms with Gasteiger partial charge in [-0.1, -0.05) is 18.3 Å². The third-order valence-corrected chi connectivity index (χ3v) is 2.89. The van der Waals surface area contributed by atoms with E-state index in [-0.39, 0.29) is 0 Å². The summed E-state index contributed by atoms with van der Waals surface area (Å²) in [5.74, 6) is 0.